The van der Waals surface area contributed by atoms with E-state index in [-0.39, 0.29) is 0 Å². The van der Waals surface area contributed by atoms with Crippen LogP contribution in [0.2, 0.25) is 0 Å². The second-order valence-corrected chi connectivity index (χ2v) is 6.44. The molecule has 3 saturated carbocycles. The number of nitrogens with one attached hydrogen (secondary N) is 1. The van der Waals surface area contributed by atoms with E-state index in [9.17, 15) is 0 Å². The van der Waals surface area contributed by atoms with Gasteiger partial charge in [0.1, 0.15) is 0 Å². The predicted molar refractivity (Wildman–Crippen MR) is 72.6 cm³/mol. The quantitative estimate of drug-likeness (QED) is 0.859. The summed E-state index contributed by atoms with van der Waals surface area (Å²) in [5.74, 6) is 3.02. The van der Waals surface area contributed by atoms with Crippen LogP contribution in [-0.4, -0.2) is 15.6 Å². The highest BCUT2D eigenvalue weighted by molar-refractivity contribution is 5.31. The highest BCUT2D eigenvalue weighted by Gasteiger charge is 2.42. The minimum atomic E-state index is 0.703. The largest absolute Gasteiger partial charge is 0.352 e. The summed E-state index contributed by atoms with van der Waals surface area (Å²) in [6.45, 7) is 0. The van der Waals surface area contributed by atoms with Crippen molar-refractivity contribution in [3.05, 3.63) is 12.4 Å². The van der Waals surface area contributed by atoms with Gasteiger partial charge < -0.3 is 9.88 Å². The van der Waals surface area contributed by atoms with E-state index in [4.69, 9.17) is 0 Å². The number of rotatable bonds is 5. The van der Waals surface area contributed by atoms with E-state index < -0.39 is 0 Å². The van der Waals surface area contributed by atoms with Crippen molar-refractivity contribution in [2.45, 2.75) is 63.5 Å². The minimum Gasteiger partial charge on any atom is -0.352 e. The van der Waals surface area contributed by atoms with Crippen LogP contribution in [-0.2, 0) is 0 Å². The van der Waals surface area contributed by atoms with Crippen molar-refractivity contribution >= 4 is 5.95 Å². The topological polar surface area (TPSA) is 29.9 Å². The van der Waals surface area contributed by atoms with Gasteiger partial charge >= 0.3 is 0 Å². The molecule has 3 aliphatic carbocycles. The average molecular weight is 245 g/mol. The van der Waals surface area contributed by atoms with Crippen LogP contribution in [0.25, 0.3) is 0 Å². The van der Waals surface area contributed by atoms with Crippen molar-refractivity contribution in [2.24, 2.45) is 11.8 Å². The molecule has 4 rings (SSSR count). The Morgan fingerprint density at radius 1 is 1.06 bits per heavy atom. The van der Waals surface area contributed by atoms with Gasteiger partial charge in [0.15, 0.2) is 0 Å². The molecule has 1 aromatic rings. The molecule has 1 heterocycles. The zero-order valence-corrected chi connectivity index (χ0v) is 11.0. The first-order valence-electron chi connectivity index (χ1n) is 7.71. The van der Waals surface area contributed by atoms with Gasteiger partial charge in [0, 0.05) is 24.5 Å². The van der Waals surface area contributed by atoms with Crippen molar-refractivity contribution in [1.29, 1.82) is 0 Å². The third-order valence-electron chi connectivity index (χ3n) is 4.94. The Labute approximate surface area is 109 Å². The SMILES string of the molecule is c1cn(C2CCCC2)c(NC(C2CC2)C2CC2)n1. The lowest BCUT2D eigenvalue weighted by Crippen LogP contribution is -2.26. The molecule has 1 N–H and O–H groups in total. The number of nitrogens with zero attached hydrogens (tertiary/aromatic N) is 2. The first kappa shape index (κ1) is 10.9. The number of hydrogen-bond donors (Lipinski definition) is 1. The zero-order chi connectivity index (χ0) is 11.9. The monoisotopic (exact) mass is 245 g/mol. The standard InChI is InChI=1S/C15H23N3/c1-2-4-13(3-1)18-10-9-16-15(18)17-14(11-5-6-11)12-7-8-12/h9-14H,1-8H2,(H,16,17). The van der Waals surface area contributed by atoms with Gasteiger partial charge in [-0.1, -0.05) is 12.8 Å². The van der Waals surface area contributed by atoms with E-state index in [0.29, 0.717) is 12.1 Å². The lowest BCUT2D eigenvalue weighted by atomic mass is 10.1. The average Bonchev–Trinajstić information content (AvgIpc) is 3.30. The molecule has 0 aliphatic heterocycles. The summed E-state index contributed by atoms with van der Waals surface area (Å²) in [5.41, 5.74) is 0. The molecule has 3 nitrogen and oxygen atoms in total. The third-order valence-corrected chi connectivity index (χ3v) is 4.94. The molecule has 0 atom stereocenters. The second kappa shape index (κ2) is 4.29. The molecule has 0 radical (unpaired) electrons. The summed E-state index contributed by atoms with van der Waals surface area (Å²) in [5, 5.41) is 3.78. The molecule has 0 amide bonds. The summed E-state index contributed by atoms with van der Waals surface area (Å²) < 4.78 is 2.41. The molecule has 0 saturated heterocycles. The minimum absolute atomic E-state index is 0.703. The van der Waals surface area contributed by atoms with Gasteiger partial charge in [-0.2, -0.15) is 0 Å². The third kappa shape index (κ3) is 2.04. The van der Waals surface area contributed by atoms with Gasteiger partial charge in [-0.25, -0.2) is 4.98 Å². The first-order valence-corrected chi connectivity index (χ1v) is 7.71. The van der Waals surface area contributed by atoms with Gasteiger partial charge in [0.25, 0.3) is 0 Å². The smallest absolute Gasteiger partial charge is 0.203 e. The normalized spacial score (nSPS) is 24.9. The van der Waals surface area contributed by atoms with Gasteiger partial charge in [-0.3, -0.25) is 0 Å². The Morgan fingerprint density at radius 3 is 2.33 bits per heavy atom. The molecule has 0 bridgehead atoms. The summed E-state index contributed by atoms with van der Waals surface area (Å²) in [4.78, 5) is 4.57. The Balaban J connectivity index is 1.51. The highest BCUT2D eigenvalue weighted by atomic mass is 15.2. The van der Waals surface area contributed by atoms with E-state index in [0.717, 1.165) is 17.8 Å². The molecule has 3 fully saturated rings. The van der Waals surface area contributed by atoms with Crippen molar-refractivity contribution < 1.29 is 0 Å². The number of imidazole rings is 1. The summed E-state index contributed by atoms with van der Waals surface area (Å²) >= 11 is 0. The maximum Gasteiger partial charge on any atom is 0.203 e. The van der Waals surface area contributed by atoms with Crippen LogP contribution in [0.15, 0.2) is 12.4 Å². The van der Waals surface area contributed by atoms with Crippen LogP contribution in [0.5, 0.6) is 0 Å². The molecule has 0 spiro atoms. The van der Waals surface area contributed by atoms with Gasteiger partial charge in [-0.15, -0.1) is 0 Å². The fourth-order valence-corrected chi connectivity index (χ4v) is 3.58. The molecule has 0 unspecified atom stereocenters. The van der Waals surface area contributed by atoms with Crippen molar-refractivity contribution in [2.75, 3.05) is 5.32 Å². The van der Waals surface area contributed by atoms with Crippen LogP contribution in [0.3, 0.4) is 0 Å². The lowest BCUT2D eigenvalue weighted by molar-refractivity contribution is 0.506. The van der Waals surface area contributed by atoms with Gasteiger partial charge in [0.05, 0.1) is 0 Å². The van der Waals surface area contributed by atoms with Crippen molar-refractivity contribution in [3.8, 4) is 0 Å². The summed E-state index contributed by atoms with van der Waals surface area (Å²) in [7, 11) is 0. The maximum atomic E-state index is 4.57. The Hall–Kier alpha value is -0.990. The van der Waals surface area contributed by atoms with Crippen LogP contribution >= 0.6 is 0 Å². The summed E-state index contributed by atoms with van der Waals surface area (Å²) in [6.07, 6.45) is 15.3. The highest BCUT2D eigenvalue weighted by Crippen LogP contribution is 2.46. The molecule has 1 aromatic heterocycles. The molecule has 3 heteroatoms. The fraction of sp³-hybridized carbons (Fsp3) is 0.800. The Morgan fingerprint density at radius 2 is 1.72 bits per heavy atom. The van der Waals surface area contributed by atoms with Crippen LogP contribution in [0, 0.1) is 11.8 Å². The van der Waals surface area contributed by atoms with E-state index >= 15 is 0 Å². The fourth-order valence-electron chi connectivity index (χ4n) is 3.58. The van der Waals surface area contributed by atoms with Crippen LogP contribution in [0.1, 0.15) is 57.4 Å². The van der Waals surface area contributed by atoms with Crippen molar-refractivity contribution in [3.63, 3.8) is 0 Å². The number of hydrogen-bond acceptors (Lipinski definition) is 2. The van der Waals surface area contributed by atoms with Crippen LogP contribution < -0.4 is 5.32 Å². The lowest BCUT2D eigenvalue weighted by Gasteiger charge is -2.21. The molecule has 3 aliphatic rings. The van der Waals surface area contributed by atoms with Crippen LogP contribution in [0.4, 0.5) is 5.95 Å². The Kier molecular flexibility index (Phi) is 2.59. The second-order valence-electron chi connectivity index (χ2n) is 6.44. The molecular formula is C15H23N3. The number of anilines is 1. The molecule has 0 aromatic carbocycles. The van der Waals surface area contributed by atoms with Gasteiger partial charge in [-0.05, 0) is 50.4 Å². The van der Waals surface area contributed by atoms with E-state index in [1.807, 2.05) is 6.20 Å². The first-order chi connectivity index (χ1) is 8.92. The molecule has 98 valence electrons. The van der Waals surface area contributed by atoms with E-state index in [1.165, 1.54) is 51.4 Å². The van der Waals surface area contributed by atoms with E-state index in [1.54, 1.807) is 0 Å². The molecular weight excluding hydrogens is 222 g/mol. The summed E-state index contributed by atoms with van der Waals surface area (Å²) in [6, 6.07) is 1.42. The predicted octanol–water partition coefficient (Wildman–Crippen LogP) is 3.60. The molecule has 18 heavy (non-hydrogen) atoms. The Bertz CT molecular complexity index is 399. The van der Waals surface area contributed by atoms with E-state index in [2.05, 4.69) is 21.1 Å². The maximum absolute atomic E-state index is 4.57. The number of aromatic nitrogens is 2. The van der Waals surface area contributed by atoms with Gasteiger partial charge in [0.2, 0.25) is 5.95 Å². The van der Waals surface area contributed by atoms with Crippen molar-refractivity contribution in [1.82, 2.24) is 9.55 Å². The zero-order valence-electron chi connectivity index (χ0n) is 11.0.